The molecule has 0 aliphatic rings. The van der Waals surface area contributed by atoms with Crippen molar-refractivity contribution in [2.75, 3.05) is 0 Å². The van der Waals surface area contributed by atoms with Crippen LogP contribution in [0.25, 0.3) is 11.1 Å². The molecule has 0 radical (unpaired) electrons. The first kappa shape index (κ1) is 10.4. The molecule has 16 heavy (non-hydrogen) atoms. The highest BCUT2D eigenvalue weighted by molar-refractivity contribution is 5.68. The van der Waals surface area contributed by atoms with Gasteiger partial charge >= 0.3 is 0 Å². The van der Waals surface area contributed by atoms with Crippen LogP contribution in [0.5, 0.6) is 17.2 Å². The topological polar surface area (TPSA) is 60.7 Å². The third-order valence-electron chi connectivity index (χ3n) is 2.37. The van der Waals surface area contributed by atoms with Gasteiger partial charge in [0, 0.05) is 0 Å². The number of hydrogen-bond acceptors (Lipinski definition) is 3. The number of benzene rings is 2. The van der Waals surface area contributed by atoms with Crippen LogP contribution in [0.15, 0.2) is 36.4 Å². The molecule has 0 aromatic heterocycles. The Balaban J connectivity index is 2.54. The van der Waals surface area contributed by atoms with Crippen molar-refractivity contribution in [2.45, 2.75) is 6.92 Å². The summed E-state index contributed by atoms with van der Waals surface area (Å²) in [4.78, 5) is 0. The Morgan fingerprint density at radius 2 is 1.50 bits per heavy atom. The molecular formula is C13H12O3. The van der Waals surface area contributed by atoms with Crippen LogP contribution >= 0.6 is 0 Å². The van der Waals surface area contributed by atoms with Crippen LogP contribution in [0.2, 0.25) is 0 Å². The van der Waals surface area contributed by atoms with Gasteiger partial charge < -0.3 is 15.3 Å². The zero-order valence-corrected chi connectivity index (χ0v) is 8.81. The van der Waals surface area contributed by atoms with Crippen molar-refractivity contribution < 1.29 is 15.3 Å². The lowest BCUT2D eigenvalue weighted by atomic mass is 10.0. The first-order valence-electron chi connectivity index (χ1n) is 4.89. The van der Waals surface area contributed by atoms with Gasteiger partial charge in [0.05, 0.1) is 0 Å². The van der Waals surface area contributed by atoms with Crippen molar-refractivity contribution in [3.05, 3.63) is 42.0 Å². The van der Waals surface area contributed by atoms with Crippen LogP contribution in [-0.4, -0.2) is 15.3 Å². The summed E-state index contributed by atoms with van der Waals surface area (Å²) in [5.74, 6) is -0.137. The van der Waals surface area contributed by atoms with Crippen molar-refractivity contribution >= 4 is 0 Å². The fourth-order valence-electron chi connectivity index (χ4n) is 1.63. The maximum absolute atomic E-state index is 9.47. The molecule has 0 amide bonds. The van der Waals surface area contributed by atoms with Gasteiger partial charge in [0.2, 0.25) is 0 Å². The second kappa shape index (κ2) is 3.77. The smallest absolute Gasteiger partial charge is 0.158 e. The Bertz CT molecular complexity index is 512. The third-order valence-corrected chi connectivity index (χ3v) is 2.37. The van der Waals surface area contributed by atoms with Gasteiger partial charge in [0.25, 0.3) is 0 Å². The average Bonchev–Trinajstić information content (AvgIpc) is 2.20. The molecule has 82 valence electrons. The zero-order chi connectivity index (χ0) is 11.7. The minimum atomic E-state index is -0.168. The summed E-state index contributed by atoms with van der Waals surface area (Å²) in [6, 6.07) is 9.73. The molecular weight excluding hydrogens is 204 g/mol. The van der Waals surface area contributed by atoms with Crippen LogP contribution in [-0.2, 0) is 0 Å². The summed E-state index contributed by atoms with van der Waals surface area (Å²) in [7, 11) is 0. The molecule has 0 unspecified atom stereocenters. The lowest BCUT2D eigenvalue weighted by molar-refractivity contribution is 0.404. The molecule has 0 heterocycles. The lowest BCUT2D eigenvalue weighted by Crippen LogP contribution is -1.80. The number of phenolic OH excluding ortho intramolecular Hbond substituents is 3. The molecule has 0 spiro atoms. The second-order valence-electron chi connectivity index (χ2n) is 3.76. The predicted molar refractivity (Wildman–Crippen MR) is 61.6 cm³/mol. The van der Waals surface area contributed by atoms with Crippen LogP contribution < -0.4 is 0 Å². The molecule has 2 rings (SSSR count). The Kier molecular flexibility index (Phi) is 2.44. The minimum Gasteiger partial charge on any atom is -0.508 e. The Morgan fingerprint density at radius 1 is 0.750 bits per heavy atom. The van der Waals surface area contributed by atoms with Crippen molar-refractivity contribution in [3.63, 3.8) is 0 Å². The van der Waals surface area contributed by atoms with E-state index in [2.05, 4.69) is 0 Å². The number of aryl methyl sites for hydroxylation is 1. The third kappa shape index (κ3) is 1.93. The van der Waals surface area contributed by atoms with Crippen molar-refractivity contribution in [3.8, 4) is 28.4 Å². The van der Waals surface area contributed by atoms with Crippen LogP contribution in [0.1, 0.15) is 5.56 Å². The quantitative estimate of drug-likeness (QED) is 0.642. The van der Waals surface area contributed by atoms with Gasteiger partial charge in [-0.05, 0) is 47.9 Å². The lowest BCUT2D eigenvalue weighted by Gasteiger charge is -2.06. The highest BCUT2D eigenvalue weighted by Gasteiger charge is 2.04. The van der Waals surface area contributed by atoms with E-state index in [1.54, 1.807) is 18.2 Å². The molecule has 0 aliphatic carbocycles. The Hall–Kier alpha value is -2.16. The predicted octanol–water partition coefficient (Wildman–Crippen LogP) is 2.78. The van der Waals surface area contributed by atoms with Crippen LogP contribution in [0, 0.1) is 6.92 Å². The van der Waals surface area contributed by atoms with E-state index < -0.39 is 0 Å². The zero-order valence-electron chi connectivity index (χ0n) is 8.81. The van der Waals surface area contributed by atoms with E-state index in [9.17, 15) is 15.3 Å². The summed E-state index contributed by atoms with van der Waals surface area (Å²) in [6.45, 7) is 1.88. The maximum atomic E-state index is 9.47. The van der Waals surface area contributed by atoms with E-state index in [0.717, 1.165) is 16.7 Å². The molecule has 0 atom stereocenters. The Labute approximate surface area is 93.2 Å². The van der Waals surface area contributed by atoms with E-state index in [0.29, 0.717) is 0 Å². The summed E-state index contributed by atoms with van der Waals surface area (Å²) in [5, 5.41) is 28.1. The summed E-state index contributed by atoms with van der Waals surface area (Å²) in [5.41, 5.74) is 2.48. The van der Waals surface area contributed by atoms with E-state index in [1.807, 2.05) is 13.0 Å². The van der Waals surface area contributed by atoms with Gasteiger partial charge in [-0.3, -0.25) is 0 Å². The SMILES string of the molecule is Cc1cc(O)cc(-c2ccc(O)c(O)c2)c1. The van der Waals surface area contributed by atoms with Crippen molar-refractivity contribution in [1.82, 2.24) is 0 Å². The number of phenols is 3. The van der Waals surface area contributed by atoms with Crippen LogP contribution in [0.3, 0.4) is 0 Å². The summed E-state index contributed by atoms with van der Waals surface area (Å²) >= 11 is 0. The van der Waals surface area contributed by atoms with Gasteiger partial charge in [0.15, 0.2) is 11.5 Å². The first-order valence-corrected chi connectivity index (χ1v) is 4.89. The largest absolute Gasteiger partial charge is 0.508 e. The highest BCUT2D eigenvalue weighted by atomic mass is 16.3. The minimum absolute atomic E-state index is 0.152. The molecule has 0 saturated carbocycles. The van der Waals surface area contributed by atoms with Gasteiger partial charge in [-0.25, -0.2) is 0 Å². The molecule has 0 saturated heterocycles. The van der Waals surface area contributed by atoms with Crippen molar-refractivity contribution in [1.29, 1.82) is 0 Å². The molecule has 0 fully saturated rings. The molecule has 2 aromatic rings. The normalized spacial score (nSPS) is 10.3. The van der Waals surface area contributed by atoms with E-state index in [4.69, 9.17) is 0 Å². The molecule has 0 aliphatic heterocycles. The number of hydrogen-bond donors (Lipinski definition) is 3. The van der Waals surface area contributed by atoms with E-state index in [1.165, 1.54) is 12.1 Å². The second-order valence-corrected chi connectivity index (χ2v) is 3.76. The fourth-order valence-corrected chi connectivity index (χ4v) is 1.63. The molecule has 3 N–H and O–H groups in total. The van der Waals surface area contributed by atoms with Crippen LogP contribution in [0.4, 0.5) is 0 Å². The number of aromatic hydroxyl groups is 3. The van der Waals surface area contributed by atoms with Crippen molar-refractivity contribution in [2.24, 2.45) is 0 Å². The molecule has 3 nitrogen and oxygen atoms in total. The first-order chi connectivity index (χ1) is 7.56. The summed E-state index contributed by atoms with van der Waals surface area (Å²) < 4.78 is 0. The van der Waals surface area contributed by atoms with E-state index in [-0.39, 0.29) is 17.2 Å². The maximum Gasteiger partial charge on any atom is 0.158 e. The molecule has 0 bridgehead atoms. The highest BCUT2D eigenvalue weighted by Crippen LogP contribution is 2.32. The van der Waals surface area contributed by atoms with Gasteiger partial charge in [-0.1, -0.05) is 12.1 Å². The standard InChI is InChI=1S/C13H12O3/c1-8-4-10(6-11(14)5-8)9-2-3-12(15)13(16)7-9/h2-7,14-16H,1H3. The summed E-state index contributed by atoms with van der Waals surface area (Å²) in [6.07, 6.45) is 0. The van der Waals surface area contributed by atoms with Gasteiger partial charge in [-0.2, -0.15) is 0 Å². The average molecular weight is 216 g/mol. The Morgan fingerprint density at radius 3 is 2.12 bits per heavy atom. The van der Waals surface area contributed by atoms with Gasteiger partial charge in [0.1, 0.15) is 5.75 Å². The molecule has 3 heteroatoms. The van der Waals surface area contributed by atoms with Gasteiger partial charge in [-0.15, -0.1) is 0 Å². The number of rotatable bonds is 1. The monoisotopic (exact) mass is 216 g/mol. The fraction of sp³-hybridized carbons (Fsp3) is 0.0769. The van der Waals surface area contributed by atoms with E-state index >= 15 is 0 Å². The molecule has 2 aromatic carbocycles.